The minimum atomic E-state index is -4.47. The third-order valence-electron chi connectivity index (χ3n) is 2.82. The SMILES string of the molecule is Nc1cccnc1C(=O)NCc1ccccc1C(F)(F)F. The van der Waals surface area contributed by atoms with E-state index in [-0.39, 0.29) is 23.5 Å². The summed E-state index contributed by atoms with van der Waals surface area (Å²) in [6.07, 6.45) is -3.08. The molecule has 0 aliphatic carbocycles. The summed E-state index contributed by atoms with van der Waals surface area (Å²) in [6, 6.07) is 8.11. The number of amides is 1. The number of hydrogen-bond donors (Lipinski definition) is 2. The highest BCUT2D eigenvalue weighted by Gasteiger charge is 2.32. The number of benzene rings is 1. The Morgan fingerprint density at radius 3 is 2.57 bits per heavy atom. The van der Waals surface area contributed by atoms with Gasteiger partial charge < -0.3 is 11.1 Å². The number of pyridine rings is 1. The van der Waals surface area contributed by atoms with Crippen molar-refractivity contribution < 1.29 is 18.0 Å². The van der Waals surface area contributed by atoms with Crippen molar-refractivity contribution in [3.63, 3.8) is 0 Å². The van der Waals surface area contributed by atoms with Gasteiger partial charge in [-0.15, -0.1) is 0 Å². The average molecular weight is 295 g/mol. The number of halogens is 3. The van der Waals surface area contributed by atoms with Gasteiger partial charge in [0.2, 0.25) is 0 Å². The maximum atomic E-state index is 12.8. The van der Waals surface area contributed by atoms with Gasteiger partial charge in [-0.3, -0.25) is 4.79 Å². The predicted molar refractivity (Wildman–Crippen MR) is 71.3 cm³/mol. The largest absolute Gasteiger partial charge is 0.416 e. The first-order valence-corrected chi connectivity index (χ1v) is 6.03. The number of nitrogen functional groups attached to an aromatic ring is 1. The van der Waals surface area contributed by atoms with E-state index < -0.39 is 17.6 Å². The second-order valence-corrected chi connectivity index (χ2v) is 4.28. The minimum Gasteiger partial charge on any atom is -0.397 e. The van der Waals surface area contributed by atoms with E-state index in [2.05, 4.69) is 10.3 Å². The van der Waals surface area contributed by atoms with Crippen LogP contribution in [0, 0.1) is 0 Å². The first-order valence-electron chi connectivity index (χ1n) is 6.03. The summed E-state index contributed by atoms with van der Waals surface area (Å²) in [6.45, 7) is -0.259. The van der Waals surface area contributed by atoms with Crippen LogP contribution in [-0.4, -0.2) is 10.9 Å². The molecule has 0 bridgehead atoms. The maximum absolute atomic E-state index is 12.8. The summed E-state index contributed by atoms with van der Waals surface area (Å²) in [5, 5.41) is 2.39. The molecule has 2 aromatic rings. The molecule has 0 saturated heterocycles. The number of nitrogens with two attached hydrogens (primary N) is 1. The molecule has 4 nitrogen and oxygen atoms in total. The van der Waals surface area contributed by atoms with Crippen LogP contribution < -0.4 is 11.1 Å². The van der Waals surface area contributed by atoms with Crippen LogP contribution in [0.5, 0.6) is 0 Å². The van der Waals surface area contributed by atoms with Crippen molar-refractivity contribution in [3.8, 4) is 0 Å². The van der Waals surface area contributed by atoms with Crippen LogP contribution >= 0.6 is 0 Å². The van der Waals surface area contributed by atoms with E-state index in [9.17, 15) is 18.0 Å². The molecule has 110 valence electrons. The minimum absolute atomic E-state index is 0.0120. The van der Waals surface area contributed by atoms with Crippen molar-refractivity contribution in [2.75, 3.05) is 5.73 Å². The van der Waals surface area contributed by atoms with Gasteiger partial charge in [-0.2, -0.15) is 13.2 Å². The van der Waals surface area contributed by atoms with Gasteiger partial charge in [-0.05, 0) is 23.8 Å². The van der Waals surface area contributed by atoms with Gasteiger partial charge >= 0.3 is 6.18 Å². The third kappa shape index (κ3) is 3.50. The van der Waals surface area contributed by atoms with Crippen LogP contribution in [0.4, 0.5) is 18.9 Å². The monoisotopic (exact) mass is 295 g/mol. The molecule has 21 heavy (non-hydrogen) atoms. The lowest BCUT2D eigenvalue weighted by molar-refractivity contribution is -0.138. The lowest BCUT2D eigenvalue weighted by Gasteiger charge is -2.13. The zero-order chi connectivity index (χ0) is 15.5. The molecule has 7 heteroatoms. The molecule has 3 N–H and O–H groups in total. The molecular formula is C14H12F3N3O. The molecule has 1 heterocycles. The Kier molecular flexibility index (Phi) is 4.11. The van der Waals surface area contributed by atoms with E-state index in [4.69, 9.17) is 5.73 Å². The lowest BCUT2D eigenvalue weighted by Crippen LogP contribution is -2.26. The van der Waals surface area contributed by atoms with Crippen molar-refractivity contribution in [1.82, 2.24) is 10.3 Å². The fourth-order valence-electron chi connectivity index (χ4n) is 1.82. The standard InChI is InChI=1S/C14H12F3N3O/c15-14(16,17)10-5-2-1-4-9(10)8-20-13(21)12-11(18)6-3-7-19-12/h1-7H,8,18H2,(H,20,21). The predicted octanol–water partition coefficient (Wildman–Crippen LogP) is 2.61. The Balaban J connectivity index is 2.14. The molecule has 0 unspecified atom stereocenters. The Bertz CT molecular complexity index is 656. The second-order valence-electron chi connectivity index (χ2n) is 4.28. The lowest BCUT2D eigenvalue weighted by atomic mass is 10.1. The van der Waals surface area contributed by atoms with Crippen LogP contribution in [-0.2, 0) is 12.7 Å². The van der Waals surface area contributed by atoms with Gasteiger partial charge in [0.1, 0.15) is 0 Å². The molecule has 0 saturated carbocycles. The summed E-state index contributed by atoms with van der Waals surface area (Å²) in [5.74, 6) is -0.620. The van der Waals surface area contributed by atoms with Crippen molar-refractivity contribution in [1.29, 1.82) is 0 Å². The Hall–Kier alpha value is -2.57. The number of nitrogens with one attached hydrogen (secondary N) is 1. The molecule has 1 aromatic heterocycles. The van der Waals surface area contributed by atoms with E-state index in [0.29, 0.717) is 0 Å². The number of anilines is 1. The molecule has 0 radical (unpaired) electrons. The highest BCUT2D eigenvalue weighted by Crippen LogP contribution is 2.31. The third-order valence-corrected chi connectivity index (χ3v) is 2.82. The number of rotatable bonds is 3. The Morgan fingerprint density at radius 1 is 1.19 bits per heavy atom. The van der Waals surface area contributed by atoms with Crippen LogP contribution in [0.15, 0.2) is 42.6 Å². The van der Waals surface area contributed by atoms with E-state index in [1.807, 2.05) is 0 Å². The summed E-state index contributed by atoms with van der Waals surface area (Å²) >= 11 is 0. The van der Waals surface area contributed by atoms with Crippen LogP contribution in [0.1, 0.15) is 21.6 Å². The zero-order valence-corrected chi connectivity index (χ0v) is 10.8. The van der Waals surface area contributed by atoms with Crippen molar-refractivity contribution in [3.05, 3.63) is 59.4 Å². The fraction of sp³-hybridized carbons (Fsp3) is 0.143. The Labute approximate surface area is 118 Å². The summed E-state index contributed by atoms with van der Waals surface area (Å²) in [7, 11) is 0. The number of carbonyl (C=O) groups excluding carboxylic acids is 1. The number of alkyl halides is 3. The topological polar surface area (TPSA) is 68.0 Å². The highest BCUT2D eigenvalue weighted by atomic mass is 19.4. The molecule has 0 spiro atoms. The molecular weight excluding hydrogens is 283 g/mol. The van der Waals surface area contributed by atoms with Gasteiger partial charge in [-0.1, -0.05) is 18.2 Å². The first kappa shape index (κ1) is 14.8. The van der Waals surface area contributed by atoms with Crippen LogP contribution in [0.2, 0.25) is 0 Å². The maximum Gasteiger partial charge on any atom is 0.416 e. The molecule has 2 rings (SSSR count). The number of aromatic nitrogens is 1. The number of nitrogens with zero attached hydrogens (tertiary/aromatic N) is 1. The van der Waals surface area contributed by atoms with Crippen molar-refractivity contribution >= 4 is 11.6 Å². The first-order chi connectivity index (χ1) is 9.89. The van der Waals surface area contributed by atoms with Gasteiger partial charge in [0, 0.05) is 12.7 Å². The normalized spacial score (nSPS) is 11.2. The summed E-state index contributed by atoms with van der Waals surface area (Å²) < 4.78 is 38.4. The Morgan fingerprint density at radius 2 is 1.90 bits per heavy atom. The van der Waals surface area contributed by atoms with E-state index >= 15 is 0 Å². The number of hydrogen-bond acceptors (Lipinski definition) is 3. The molecule has 0 aliphatic heterocycles. The van der Waals surface area contributed by atoms with Gasteiger partial charge in [0.25, 0.3) is 5.91 Å². The van der Waals surface area contributed by atoms with E-state index in [1.54, 1.807) is 6.07 Å². The summed E-state index contributed by atoms with van der Waals surface area (Å²) in [4.78, 5) is 15.7. The molecule has 1 aromatic carbocycles. The quantitative estimate of drug-likeness (QED) is 0.914. The zero-order valence-electron chi connectivity index (χ0n) is 10.8. The van der Waals surface area contributed by atoms with Gasteiger partial charge in [-0.25, -0.2) is 4.98 Å². The highest BCUT2D eigenvalue weighted by molar-refractivity contribution is 5.96. The second kappa shape index (κ2) is 5.82. The van der Waals surface area contributed by atoms with Gasteiger partial charge in [0.15, 0.2) is 5.69 Å². The van der Waals surface area contributed by atoms with Crippen LogP contribution in [0.3, 0.4) is 0 Å². The van der Waals surface area contributed by atoms with Crippen LogP contribution in [0.25, 0.3) is 0 Å². The van der Waals surface area contributed by atoms with E-state index in [1.165, 1.54) is 30.5 Å². The molecule has 0 aliphatic rings. The van der Waals surface area contributed by atoms with Crippen molar-refractivity contribution in [2.24, 2.45) is 0 Å². The smallest absolute Gasteiger partial charge is 0.397 e. The fourth-order valence-corrected chi connectivity index (χ4v) is 1.82. The summed E-state index contributed by atoms with van der Waals surface area (Å²) in [5.41, 5.74) is 4.94. The van der Waals surface area contributed by atoms with E-state index in [0.717, 1.165) is 6.07 Å². The molecule has 0 fully saturated rings. The number of carbonyl (C=O) groups is 1. The molecule has 0 atom stereocenters. The molecule has 1 amide bonds. The van der Waals surface area contributed by atoms with Crippen molar-refractivity contribution in [2.45, 2.75) is 12.7 Å². The average Bonchev–Trinajstić information content (AvgIpc) is 2.44. The van der Waals surface area contributed by atoms with Gasteiger partial charge in [0.05, 0.1) is 11.3 Å².